The molecule has 0 saturated heterocycles. The Morgan fingerprint density at radius 1 is 1.55 bits per heavy atom. The number of rotatable bonds is 3. The van der Waals surface area contributed by atoms with Gasteiger partial charge in [-0.25, -0.2) is 0 Å². The van der Waals surface area contributed by atoms with E-state index in [0.29, 0.717) is 0 Å². The molecular formula is C9H14N2. The quantitative estimate of drug-likeness (QED) is 0.713. The van der Waals surface area contributed by atoms with Gasteiger partial charge < -0.3 is 5.32 Å². The van der Waals surface area contributed by atoms with Crippen LogP contribution in [0.15, 0.2) is 18.3 Å². The highest BCUT2D eigenvalue weighted by molar-refractivity contribution is 5.42. The standard InChI is InChI=1S/C9H14N2/c1-3-4-9-7-8(10-2)5-6-11-9/h5-7H,3-4H2,1-2H3,(H,10,11). The van der Waals surface area contributed by atoms with Crippen LogP contribution in [-0.2, 0) is 6.42 Å². The van der Waals surface area contributed by atoms with Gasteiger partial charge >= 0.3 is 0 Å². The van der Waals surface area contributed by atoms with Crippen LogP contribution in [-0.4, -0.2) is 12.0 Å². The first-order valence-electron chi connectivity index (χ1n) is 3.99. The summed E-state index contributed by atoms with van der Waals surface area (Å²) in [7, 11) is 1.92. The molecule has 2 nitrogen and oxygen atoms in total. The Morgan fingerprint density at radius 2 is 2.36 bits per heavy atom. The molecule has 1 aromatic heterocycles. The van der Waals surface area contributed by atoms with Gasteiger partial charge in [0.05, 0.1) is 0 Å². The molecule has 11 heavy (non-hydrogen) atoms. The molecule has 0 saturated carbocycles. The third kappa shape index (κ3) is 2.22. The van der Waals surface area contributed by atoms with Gasteiger partial charge in [-0.15, -0.1) is 0 Å². The summed E-state index contributed by atoms with van der Waals surface area (Å²) in [6.07, 6.45) is 4.06. The molecule has 0 aliphatic heterocycles. The van der Waals surface area contributed by atoms with E-state index in [2.05, 4.69) is 23.3 Å². The zero-order valence-electron chi connectivity index (χ0n) is 7.09. The van der Waals surface area contributed by atoms with E-state index in [1.54, 1.807) is 0 Å². The van der Waals surface area contributed by atoms with E-state index < -0.39 is 0 Å². The molecule has 1 N–H and O–H groups in total. The Labute approximate surface area is 67.7 Å². The van der Waals surface area contributed by atoms with Gasteiger partial charge in [0.1, 0.15) is 0 Å². The second-order valence-corrected chi connectivity index (χ2v) is 2.54. The Morgan fingerprint density at radius 3 is 3.00 bits per heavy atom. The Bertz CT molecular complexity index is 221. The Balaban J connectivity index is 2.74. The van der Waals surface area contributed by atoms with Crippen LogP contribution in [0.4, 0.5) is 5.69 Å². The van der Waals surface area contributed by atoms with Crippen molar-refractivity contribution in [1.82, 2.24) is 4.98 Å². The first kappa shape index (κ1) is 8.05. The van der Waals surface area contributed by atoms with Crippen molar-refractivity contribution in [2.24, 2.45) is 0 Å². The lowest BCUT2D eigenvalue weighted by Gasteiger charge is -2.01. The number of aromatic nitrogens is 1. The topological polar surface area (TPSA) is 24.9 Å². The molecule has 0 unspecified atom stereocenters. The molecule has 0 aliphatic carbocycles. The summed E-state index contributed by atoms with van der Waals surface area (Å²) < 4.78 is 0. The zero-order valence-corrected chi connectivity index (χ0v) is 7.09. The number of aryl methyl sites for hydroxylation is 1. The van der Waals surface area contributed by atoms with E-state index in [1.807, 2.05) is 19.3 Å². The lowest BCUT2D eigenvalue weighted by atomic mass is 10.2. The van der Waals surface area contributed by atoms with E-state index in [-0.39, 0.29) is 0 Å². The largest absolute Gasteiger partial charge is 0.388 e. The molecule has 60 valence electrons. The molecule has 0 spiro atoms. The Hall–Kier alpha value is -1.05. The fourth-order valence-electron chi connectivity index (χ4n) is 1.03. The molecule has 1 aromatic rings. The summed E-state index contributed by atoms with van der Waals surface area (Å²) in [5.74, 6) is 0. The van der Waals surface area contributed by atoms with Crippen molar-refractivity contribution >= 4 is 5.69 Å². The summed E-state index contributed by atoms with van der Waals surface area (Å²) in [5.41, 5.74) is 2.31. The smallest absolute Gasteiger partial charge is 0.0424 e. The average Bonchev–Trinajstić information content (AvgIpc) is 2.06. The number of anilines is 1. The monoisotopic (exact) mass is 150 g/mol. The predicted octanol–water partition coefficient (Wildman–Crippen LogP) is 2.08. The van der Waals surface area contributed by atoms with Crippen molar-refractivity contribution in [3.8, 4) is 0 Å². The van der Waals surface area contributed by atoms with Gasteiger partial charge in [-0.2, -0.15) is 0 Å². The van der Waals surface area contributed by atoms with Crippen molar-refractivity contribution < 1.29 is 0 Å². The van der Waals surface area contributed by atoms with Crippen LogP contribution in [0.5, 0.6) is 0 Å². The minimum absolute atomic E-state index is 1.06. The highest BCUT2D eigenvalue weighted by Crippen LogP contribution is 2.07. The summed E-state index contributed by atoms with van der Waals surface area (Å²) >= 11 is 0. The van der Waals surface area contributed by atoms with Crippen LogP contribution in [0.3, 0.4) is 0 Å². The lowest BCUT2D eigenvalue weighted by Crippen LogP contribution is -1.92. The molecule has 0 aromatic carbocycles. The van der Waals surface area contributed by atoms with Gasteiger partial charge in [-0.3, -0.25) is 4.98 Å². The van der Waals surface area contributed by atoms with Crippen LogP contribution in [0, 0.1) is 0 Å². The molecule has 0 amide bonds. The van der Waals surface area contributed by atoms with Crippen LogP contribution in [0.1, 0.15) is 19.0 Å². The van der Waals surface area contributed by atoms with Gasteiger partial charge in [0, 0.05) is 24.6 Å². The number of hydrogen-bond acceptors (Lipinski definition) is 2. The maximum atomic E-state index is 4.24. The zero-order chi connectivity index (χ0) is 8.10. The van der Waals surface area contributed by atoms with E-state index in [1.165, 1.54) is 5.69 Å². The van der Waals surface area contributed by atoms with Gasteiger partial charge in [-0.05, 0) is 18.6 Å². The van der Waals surface area contributed by atoms with Crippen LogP contribution < -0.4 is 5.32 Å². The minimum Gasteiger partial charge on any atom is -0.388 e. The van der Waals surface area contributed by atoms with Gasteiger partial charge in [0.2, 0.25) is 0 Å². The lowest BCUT2D eigenvalue weighted by molar-refractivity contribution is 0.883. The van der Waals surface area contributed by atoms with Crippen molar-refractivity contribution in [1.29, 1.82) is 0 Å². The van der Waals surface area contributed by atoms with Crippen molar-refractivity contribution in [3.05, 3.63) is 24.0 Å². The first-order chi connectivity index (χ1) is 5.36. The van der Waals surface area contributed by atoms with E-state index in [9.17, 15) is 0 Å². The van der Waals surface area contributed by atoms with Crippen molar-refractivity contribution in [2.75, 3.05) is 12.4 Å². The molecule has 0 fully saturated rings. The minimum atomic E-state index is 1.06. The molecule has 0 radical (unpaired) electrons. The fourth-order valence-corrected chi connectivity index (χ4v) is 1.03. The predicted molar refractivity (Wildman–Crippen MR) is 47.8 cm³/mol. The van der Waals surface area contributed by atoms with Crippen LogP contribution >= 0.6 is 0 Å². The summed E-state index contributed by atoms with van der Waals surface area (Å²) in [6, 6.07) is 4.06. The fraction of sp³-hybridized carbons (Fsp3) is 0.444. The summed E-state index contributed by atoms with van der Waals surface area (Å²) in [6.45, 7) is 2.16. The molecule has 0 aliphatic rings. The number of pyridine rings is 1. The van der Waals surface area contributed by atoms with Crippen molar-refractivity contribution in [2.45, 2.75) is 19.8 Å². The summed E-state index contributed by atoms with van der Waals surface area (Å²) in [5, 5.41) is 3.09. The van der Waals surface area contributed by atoms with E-state index in [4.69, 9.17) is 0 Å². The highest BCUT2D eigenvalue weighted by atomic mass is 14.8. The SMILES string of the molecule is CCCc1cc(NC)ccn1. The molecule has 1 rings (SSSR count). The van der Waals surface area contributed by atoms with Gasteiger partial charge in [0.25, 0.3) is 0 Å². The first-order valence-corrected chi connectivity index (χ1v) is 3.99. The number of nitrogens with one attached hydrogen (secondary N) is 1. The molecule has 0 atom stereocenters. The normalized spacial score (nSPS) is 9.64. The Kier molecular flexibility index (Phi) is 2.90. The van der Waals surface area contributed by atoms with Crippen LogP contribution in [0.25, 0.3) is 0 Å². The van der Waals surface area contributed by atoms with Crippen molar-refractivity contribution in [3.63, 3.8) is 0 Å². The molecule has 2 heteroatoms. The van der Waals surface area contributed by atoms with E-state index >= 15 is 0 Å². The van der Waals surface area contributed by atoms with E-state index in [0.717, 1.165) is 18.5 Å². The average molecular weight is 150 g/mol. The van der Waals surface area contributed by atoms with Gasteiger partial charge in [-0.1, -0.05) is 13.3 Å². The molecule has 0 bridgehead atoms. The summed E-state index contributed by atoms with van der Waals surface area (Å²) in [4.78, 5) is 4.24. The van der Waals surface area contributed by atoms with Crippen LogP contribution in [0.2, 0.25) is 0 Å². The number of hydrogen-bond donors (Lipinski definition) is 1. The maximum Gasteiger partial charge on any atom is 0.0424 e. The van der Waals surface area contributed by atoms with Gasteiger partial charge in [0.15, 0.2) is 0 Å². The second kappa shape index (κ2) is 3.96. The third-order valence-corrected chi connectivity index (χ3v) is 1.61. The molecular weight excluding hydrogens is 136 g/mol. The second-order valence-electron chi connectivity index (χ2n) is 2.54. The molecule has 1 heterocycles. The maximum absolute atomic E-state index is 4.24. The number of nitrogens with zero attached hydrogens (tertiary/aromatic N) is 1. The highest BCUT2D eigenvalue weighted by Gasteiger charge is 1.92. The third-order valence-electron chi connectivity index (χ3n) is 1.61.